The van der Waals surface area contributed by atoms with Crippen LogP contribution in [0.2, 0.25) is 0 Å². The topological polar surface area (TPSA) is 96.3 Å². The van der Waals surface area contributed by atoms with Crippen molar-refractivity contribution in [1.29, 1.82) is 0 Å². The summed E-state index contributed by atoms with van der Waals surface area (Å²) in [7, 11) is 0. The standard InChI is InChI=1S/C19H26O2.K.H3N2O.W/c1-18-8-2-3-16(18)15-5-4-13-11-14(21)6-10-19(13,12-20)17(15)7-9-18;;1-3-2;/h2,8,11,15-17,20H,3-7,9-10,12H2,1H3;;1H,2H2;/q;+1;-1;/t15?,16?,17?,18-,19+;;;/m0.../s1. The molecule has 0 aromatic heterocycles. The molecule has 4 aliphatic carbocycles. The Morgan fingerprint density at radius 1 is 1.31 bits per heavy atom. The Kier molecular flexibility index (Phi) is 10.1. The van der Waals surface area contributed by atoms with Gasteiger partial charge < -0.3 is 15.9 Å². The summed E-state index contributed by atoms with van der Waals surface area (Å²) in [5.74, 6) is 11.9. The number of nitrogens with one attached hydrogen (secondary N) is 1. The predicted octanol–water partition coefficient (Wildman–Crippen LogP) is 0.502. The third-order valence-corrected chi connectivity index (χ3v) is 7.29. The number of hydrogen-bond donors (Lipinski definition) is 2. The predicted molar refractivity (Wildman–Crippen MR) is 92.2 cm³/mol. The number of carbonyl (C=O) groups excluding carboxylic acids is 1. The Hall–Kier alpha value is 1.31. The maximum absolute atomic E-state index is 11.8. The molecule has 0 saturated heterocycles. The summed E-state index contributed by atoms with van der Waals surface area (Å²) in [4.78, 5) is 14.8. The van der Waals surface area contributed by atoms with E-state index in [1.165, 1.54) is 31.3 Å². The van der Waals surface area contributed by atoms with E-state index in [-0.39, 0.29) is 90.3 Å². The van der Waals surface area contributed by atoms with Crippen LogP contribution < -0.4 is 57.3 Å². The van der Waals surface area contributed by atoms with Crippen molar-refractivity contribution >= 4 is 5.78 Å². The number of rotatable bonds is 1. The van der Waals surface area contributed by atoms with E-state index in [4.69, 9.17) is 5.90 Å². The van der Waals surface area contributed by atoms with Crippen molar-refractivity contribution < 1.29 is 87.3 Å². The molecule has 26 heavy (non-hydrogen) atoms. The van der Waals surface area contributed by atoms with Gasteiger partial charge in [-0.3, -0.25) is 4.79 Å². The van der Waals surface area contributed by atoms with Crippen LogP contribution in [0.5, 0.6) is 0 Å². The van der Waals surface area contributed by atoms with Gasteiger partial charge in [0.1, 0.15) is 0 Å². The zero-order chi connectivity index (χ0) is 17.4. The van der Waals surface area contributed by atoms with Crippen molar-refractivity contribution in [3.63, 3.8) is 0 Å². The van der Waals surface area contributed by atoms with Crippen LogP contribution in [0.4, 0.5) is 0 Å². The average Bonchev–Trinajstić information content (AvgIpc) is 2.97. The van der Waals surface area contributed by atoms with Crippen molar-refractivity contribution in [2.75, 3.05) is 6.61 Å². The van der Waals surface area contributed by atoms with E-state index >= 15 is 0 Å². The van der Waals surface area contributed by atoms with Crippen LogP contribution in [0.15, 0.2) is 23.8 Å². The summed E-state index contributed by atoms with van der Waals surface area (Å²) in [6, 6.07) is 0. The number of hydrogen-bond acceptors (Lipinski definition) is 4. The molecule has 4 aliphatic rings. The molecule has 0 amide bonds. The van der Waals surface area contributed by atoms with Crippen molar-refractivity contribution in [3.8, 4) is 0 Å². The van der Waals surface area contributed by atoms with Gasteiger partial charge >= 0.3 is 51.4 Å². The second-order valence-corrected chi connectivity index (χ2v) is 8.17. The van der Waals surface area contributed by atoms with Crippen molar-refractivity contribution in [1.82, 2.24) is 0 Å². The molecule has 0 spiro atoms. The molecule has 0 aromatic rings. The Balaban J connectivity index is 0.000000635. The third-order valence-electron chi connectivity index (χ3n) is 7.29. The van der Waals surface area contributed by atoms with Crippen LogP contribution in [0.1, 0.15) is 51.9 Å². The zero-order valence-electron chi connectivity index (χ0n) is 15.9. The maximum atomic E-state index is 11.8. The fourth-order valence-electron chi connectivity index (χ4n) is 6.14. The SMILES string of the molecule is C[C@@]12C=CCC1C1CCC3=CC(=O)CC[C@]3(CO)C1CC2.[K+].[NH-]ON.[W]. The number of carbonyl (C=O) groups is 1. The van der Waals surface area contributed by atoms with Gasteiger partial charge in [0, 0.05) is 32.9 Å². The smallest absolute Gasteiger partial charge is 0.529 e. The molecule has 4 rings (SSSR count). The van der Waals surface area contributed by atoms with Gasteiger partial charge in [-0.05, 0) is 67.8 Å². The summed E-state index contributed by atoms with van der Waals surface area (Å²) in [6.07, 6.45) is 14.2. The number of aliphatic hydroxyl groups excluding tert-OH is 1. The van der Waals surface area contributed by atoms with Gasteiger partial charge in [0.2, 0.25) is 0 Å². The Bertz CT molecular complexity index is 571. The quantitative estimate of drug-likeness (QED) is 0.280. The van der Waals surface area contributed by atoms with Crippen LogP contribution in [0.3, 0.4) is 0 Å². The normalized spacial score (nSPS) is 39.8. The molecular formula is C19H29KN2O3W. The minimum atomic E-state index is -0.0687. The fraction of sp³-hybridized carbons (Fsp3) is 0.737. The first kappa shape index (κ1) is 25.4. The van der Waals surface area contributed by atoms with E-state index in [1.807, 2.05) is 6.08 Å². The Labute approximate surface area is 213 Å². The zero-order valence-corrected chi connectivity index (χ0v) is 21.9. The first-order chi connectivity index (χ1) is 11.5. The van der Waals surface area contributed by atoms with Gasteiger partial charge in [0.05, 0.1) is 6.61 Å². The van der Waals surface area contributed by atoms with Crippen LogP contribution in [0, 0.1) is 28.6 Å². The summed E-state index contributed by atoms with van der Waals surface area (Å²) in [6.45, 7) is 2.67. The van der Waals surface area contributed by atoms with Crippen LogP contribution in [-0.4, -0.2) is 17.5 Å². The first-order valence-corrected chi connectivity index (χ1v) is 9.05. The van der Waals surface area contributed by atoms with Crippen molar-refractivity contribution in [2.45, 2.75) is 51.9 Å². The molecule has 2 fully saturated rings. The molecule has 4 N–H and O–H groups in total. The number of aliphatic hydroxyl groups is 1. The molecule has 0 radical (unpaired) electrons. The molecule has 0 aliphatic heterocycles. The molecule has 3 unspecified atom stereocenters. The number of ketones is 1. The van der Waals surface area contributed by atoms with Crippen LogP contribution >= 0.6 is 0 Å². The van der Waals surface area contributed by atoms with Crippen LogP contribution in [0.25, 0.3) is 5.90 Å². The number of nitrogens with two attached hydrogens (primary N) is 1. The van der Waals surface area contributed by atoms with E-state index < -0.39 is 0 Å². The Morgan fingerprint density at radius 2 is 2.00 bits per heavy atom. The third kappa shape index (κ3) is 4.40. The van der Waals surface area contributed by atoms with Crippen LogP contribution in [-0.2, 0) is 30.8 Å². The summed E-state index contributed by atoms with van der Waals surface area (Å²) in [5.41, 5.74) is 1.60. The fourth-order valence-corrected chi connectivity index (χ4v) is 6.14. The van der Waals surface area contributed by atoms with Gasteiger partial charge in [-0.15, -0.1) is 0 Å². The molecule has 0 heterocycles. The molecule has 7 heteroatoms. The van der Waals surface area contributed by atoms with E-state index in [0.29, 0.717) is 17.8 Å². The van der Waals surface area contributed by atoms with Gasteiger partial charge in [-0.25, -0.2) is 5.90 Å². The number of fused-ring (bicyclic) bond motifs is 5. The van der Waals surface area contributed by atoms with Crippen molar-refractivity contribution in [2.24, 2.45) is 34.5 Å². The summed E-state index contributed by atoms with van der Waals surface area (Å²) in [5, 5.41) is 10.2. The second kappa shape index (κ2) is 10.4. The van der Waals surface area contributed by atoms with Gasteiger partial charge in [-0.1, -0.05) is 24.6 Å². The molecule has 5 atom stereocenters. The van der Waals surface area contributed by atoms with E-state index in [9.17, 15) is 9.90 Å². The van der Waals surface area contributed by atoms with Gasteiger partial charge in [0.25, 0.3) is 0 Å². The molecule has 2 saturated carbocycles. The summed E-state index contributed by atoms with van der Waals surface area (Å²) < 4.78 is 0. The number of allylic oxidation sites excluding steroid dienone is 3. The minimum Gasteiger partial charge on any atom is -0.529 e. The second-order valence-electron chi connectivity index (χ2n) is 8.17. The molecule has 0 aromatic carbocycles. The van der Waals surface area contributed by atoms with E-state index in [0.717, 1.165) is 24.7 Å². The first-order valence-electron chi connectivity index (χ1n) is 9.05. The molecule has 0 bridgehead atoms. The van der Waals surface area contributed by atoms with E-state index in [1.54, 1.807) is 0 Å². The van der Waals surface area contributed by atoms with E-state index in [2.05, 4.69) is 29.9 Å². The maximum Gasteiger partial charge on any atom is 1.00 e. The van der Waals surface area contributed by atoms with Gasteiger partial charge in [0.15, 0.2) is 5.78 Å². The molecule has 5 nitrogen and oxygen atoms in total. The monoisotopic (exact) mass is 556 g/mol. The molecular weight excluding hydrogens is 527 g/mol. The van der Waals surface area contributed by atoms with Crippen molar-refractivity contribution in [3.05, 3.63) is 29.7 Å². The minimum absolute atomic E-state index is 0. The average molecular weight is 556 g/mol. The largest absolute Gasteiger partial charge is 1.00 e. The Morgan fingerprint density at radius 3 is 2.65 bits per heavy atom. The van der Waals surface area contributed by atoms with Gasteiger partial charge in [-0.2, -0.15) is 0 Å². The molecule has 140 valence electrons. The summed E-state index contributed by atoms with van der Waals surface area (Å²) >= 11 is 0.